The first-order chi connectivity index (χ1) is 8.08. The lowest BCUT2D eigenvalue weighted by atomic mass is 9.78. The van der Waals surface area contributed by atoms with Gasteiger partial charge in [0.15, 0.2) is 0 Å². The Bertz CT molecular complexity index is 397. The number of aryl methyl sites for hydroxylation is 2. The second-order valence-electron chi connectivity index (χ2n) is 4.89. The van der Waals surface area contributed by atoms with Crippen LogP contribution in [0.2, 0.25) is 0 Å². The van der Waals surface area contributed by atoms with Crippen LogP contribution in [0.15, 0.2) is 4.47 Å². The Morgan fingerprint density at radius 2 is 2.06 bits per heavy atom. The summed E-state index contributed by atoms with van der Waals surface area (Å²) in [7, 11) is 2.02. The summed E-state index contributed by atoms with van der Waals surface area (Å²) >= 11 is 7.33. The molecular formula is C12H18Br2N2O. The molecule has 1 aliphatic rings. The minimum atomic E-state index is 0.320. The summed E-state index contributed by atoms with van der Waals surface area (Å²) in [4.78, 5) is 0. The van der Waals surface area contributed by atoms with Crippen LogP contribution < -0.4 is 0 Å². The molecular weight excluding hydrogens is 348 g/mol. The molecule has 1 aromatic heterocycles. The summed E-state index contributed by atoms with van der Waals surface area (Å²) in [5.74, 6) is 0. The Labute approximate surface area is 119 Å². The molecule has 0 N–H and O–H groups in total. The molecule has 2 heterocycles. The zero-order valence-corrected chi connectivity index (χ0v) is 13.5. The van der Waals surface area contributed by atoms with E-state index in [2.05, 4.69) is 37.0 Å². The summed E-state index contributed by atoms with van der Waals surface area (Å²) in [5, 5.41) is 5.49. The van der Waals surface area contributed by atoms with Crippen molar-refractivity contribution in [3.8, 4) is 0 Å². The van der Waals surface area contributed by atoms with E-state index in [-0.39, 0.29) is 0 Å². The van der Waals surface area contributed by atoms with Crippen molar-refractivity contribution in [2.45, 2.75) is 26.2 Å². The van der Waals surface area contributed by atoms with Crippen LogP contribution >= 0.6 is 31.9 Å². The molecule has 5 heteroatoms. The van der Waals surface area contributed by atoms with Gasteiger partial charge in [0.1, 0.15) is 0 Å². The zero-order valence-electron chi connectivity index (χ0n) is 10.3. The van der Waals surface area contributed by atoms with Gasteiger partial charge in [-0.3, -0.25) is 4.68 Å². The van der Waals surface area contributed by atoms with Crippen molar-refractivity contribution in [3.05, 3.63) is 15.9 Å². The fourth-order valence-corrected chi connectivity index (χ4v) is 3.62. The molecule has 0 bridgehead atoms. The number of hydrogen-bond donors (Lipinski definition) is 0. The number of halogens is 2. The van der Waals surface area contributed by atoms with E-state index < -0.39 is 0 Å². The van der Waals surface area contributed by atoms with Crippen LogP contribution in [0, 0.1) is 12.3 Å². The lowest BCUT2D eigenvalue weighted by molar-refractivity contribution is 0.0261. The van der Waals surface area contributed by atoms with Crippen LogP contribution in [0.4, 0.5) is 0 Å². The number of hydrogen-bond acceptors (Lipinski definition) is 2. The Hall–Kier alpha value is 0.130. The molecule has 2 rings (SSSR count). The van der Waals surface area contributed by atoms with Gasteiger partial charge >= 0.3 is 0 Å². The third-order valence-corrected chi connectivity index (χ3v) is 5.86. The smallest absolute Gasteiger partial charge is 0.0738 e. The van der Waals surface area contributed by atoms with Crippen molar-refractivity contribution >= 4 is 31.9 Å². The average molecular weight is 366 g/mol. The highest BCUT2D eigenvalue weighted by Crippen LogP contribution is 2.38. The molecule has 1 aromatic rings. The van der Waals surface area contributed by atoms with E-state index in [4.69, 9.17) is 4.74 Å². The minimum absolute atomic E-state index is 0.320. The van der Waals surface area contributed by atoms with Gasteiger partial charge in [-0.05, 0) is 47.5 Å². The van der Waals surface area contributed by atoms with Crippen LogP contribution in [-0.2, 0) is 18.2 Å². The molecule has 1 fully saturated rings. The molecule has 0 unspecified atom stereocenters. The van der Waals surface area contributed by atoms with E-state index in [0.29, 0.717) is 5.41 Å². The van der Waals surface area contributed by atoms with Crippen LogP contribution in [0.1, 0.15) is 24.2 Å². The van der Waals surface area contributed by atoms with E-state index >= 15 is 0 Å². The molecule has 3 nitrogen and oxygen atoms in total. The number of ether oxygens (including phenoxy) is 1. The molecule has 1 aliphatic heterocycles. The predicted molar refractivity (Wildman–Crippen MR) is 75.6 cm³/mol. The average Bonchev–Trinajstić information content (AvgIpc) is 2.57. The number of rotatable bonds is 3. The Kier molecular flexibility index (Phi) is 4.31. The Morgan fingerprint density at radius 3 is 2.53 bits per heavy atom. The maximum absolute atomic E-state index is 5.47. The van der Waals surface area contributed by atoms with Gasteiger partial charge in [0.2, 0.25) is 0 Å². The quantitative estimate of drug-likeness (QED) is 0.769. The SMILES string of the molecule is Cc1nn(C)c(CC2(CBr)CCOCC2)c1Br. The number of nitrogens with zero attached hydrogens (tertiary/aromatic N) is 2. The van der Waals surface area contributed by atoms with Gasteiger partial charge in [0, 0.05) is 25.6 Å². The molecule has 0 saturated carbocycles. The van der Waals surface area contributed by atoms with E-state index in [1.54, 1.807) is 0 Å². The summed E-state index contributed by atoms with van der Waals surface area (Å²) in [5.41, 5.74) is 2.68. The third kappa shape index (κ3) is 2.76. The fraction of sp³-hybridized carbons (Fsp3) is 0.750. The van der Waals surface area contributed by atoms with Gasteiger partial charge < -0.3 is 4.74 Å². The highest BCUT2D eigenvalue weighted by Gasteiger charge is 2.33. The summed E-state index contributed by atoms with van der Waals surface area (Å²) in [6.07, 6.45) is 3.30. The van der Waals surface area contributed by atoms with Crippen molar-refractivity contribution in [2.75, 3.05) is 18.5 Å². The summed E-state index contributed by atoms with van der Waals surface area (Å²) < 4.78 is 8.63. The topological polar surface area (TPSA) is 27.1 Å². The summed E-state index contributed by atoms with van der Waals surface area (Å²) in [6.45, 7) is 3.79. The van der Waals surface area contributed by atoms with Gasteiger partial charge in [0.05, 0.1) is 15.9 Å². The van der Waals surface area contributed by atoms with Crippen molar-refractivity contribution in [2.24, 2.45) is 12.5 Å². The minimum Gasteiger partial charge on any atom is -0.381 e. The Balaban J connectivity index is 2.23. The molecule has 0 atom stereocenters. The Morgan fingerprint density at radius 1 is 1.41 bits per heavy atom. The lowest BCUT2D eigenvalue weighted by Crippen LogP contribution is -2.34. The number of alkyl halides is 1. The highest BCUT2D eigenvalue weighted by atomic mass is 79.9. The maximum atomic E-state index is 5.47. The van der Waals surface area contributed by atoms with Crippen LogP contribution in [-0.4, -0.2) is 28.3 Å². The highest BCUT2D eigenvalue weighted by molar-refractivity contribution is 9.10. The van der Waals surface area contributed by atoms with E-state index in [9.17, 15) is 0 Å². The monoisotopic (exact) mass is 364 g/mol. The second kappa shape index (κ2) is 5.41. The van der Waals surface area contributed by atoms with Crippen molar-refractivity contribution < 1.29 is 4.74 Å². The third-order valence-electron chi connectivity index (χ3n) is 3.64. The first-order valence-electron chi connectivity index (χ1n) is 5.90. The van der Waals surface area contributed by atoms with Gasteiger partial charge in [0.25, 0.3) is 0 Å². The van der Waals surface area contributed by atoms with Crippen molar-refractivity contribution in [3.63, 3.8) is 0 Å². The molecule has 0 aliphatic carbocycles. The van der Waals surface area contributed by atoms with Crippen LogP contribution in [0.5, 0.6) is 0 Å². The standard InChI is InChI=1S/C12H18Br2N2O/c1-9-11(14)10(16(2)15-9)7-12(8-13)3-5-17-6-4-12/h3-8H2,1-2H3. The summed E-state index contributed by atoms with van der Waals surface area (Å²) in [6, 6.07) is 0. The molecule has 0 spiro atoms. The van der Waals surface area contributed by atoms with Crippen molar-refractivity contribution in [1.29, 1.82) is 0 Å². The molecule has 0 radical (unpaired) electrons. The fourth-order valence-electron chi connectivity index (χ4n) is 2.39. The number of aromatic nitrogens is 2. The van der Waals surface area contributed by atoms with E-state index in [1.165, 1.54) is 5.69 Å². The molecule has 96 valence electrons. The molecule has 0 aromatic carbocycles. The maximum Gasteiger partial charge on any atom is 0.0738 e. The van der Waals surface area contributed by atoms with E-state index in [0.717, 1.165) is 48.0 Å². The first-order valence-corrected chi connectivity index (χ1v) is 7.81. The molecule has 17 heavy (non-hydrogen) atoms. The van der Waals surface area contributed by atoms with Gasteiger partial charge in [-0.1, -0.05) is 15.9 Å². The zero-order chi connectivity index (χ0) is 12.5. The largest absolute Gasteiger partial charge is 0.381 e. The van der Waals surface area contributed by atoms with Gasteiger partial charge in [-0.15, -0.1) is 0 Å². The first kappa shape index (κ1) is 13.6. The lowest BCUT2D eigenvalue weighted by Gasteiger charge is -2.35. The molecule has 0 amide bonds. The van der Waals surface area contributed by atoms with E-state index in [1.807, 2.05) is 18.7 Å². The molecule has 1 saturated heterocycles. The van der Waals surface area contributed by atoms with Crippen LogP contribution in [0.3, 0.4) is 0 Å². The van der Waals surface area contributed by atoms with Gasteiger partial charge in [-0.25, -0.2) is 0 Å². The van der Waals surface area contributed by atoms with Gasteiger partial charge in [-0.2, -0.15) is 5.10 Å². The van der Waals surface area contributed by atoms with Crippen LogP contribution in [0.25, 0.3) is 0 Å². The second-order valence-corrected chi connectivity index (χ2v) is 6.25. The van der Waals surface area contributed by atoms with Crippen molar-refractivity contribution in [1.82, 2.24) is 9.78 Å². The predicted octanol–water partition coefficient (Wildman–Crippen LogP) is 3.23. The normalized spacial score (nSPS) is 19.5.